The molecule has 8 heteroatoms. The largest absolute Gasteiger partial charge is 0.469 e. The average molecular weight is 361 g/mol. The number of amides is 1. The van der Waals surface area contributed by atoms with E-state index in [9.17, 15) is 10.1 Å². The first kappa shape index (κ1) is 19.1. The van der Waals surface area contributed by atoms with Gasteiger partial charge in [0.2, 0.25) is 5.91 Å². The van der Waals surface area contributed by atoms with Crippen LogP contribution in [0.5, 0.6) is 0 Å². The van der Waals surface area contributed by atoms with Crippen LogP contribution in [0.4, 0.5) is 0 Å². The molecular weight excluding hydrogens is 338 g/mol. The molecule has 1 amide bonds. The van der Waals surface area contributed by atoms with E-state index in [1.54, 1.807) is 20.1 Å². The lowest BCUT2D eigenvalue weighted by Gasteiger charge is -2.28. The van der Waals surface area contributed by atoms with Crippen LogP contribution < -0.4 is 5.32 Å². The quantitative estimate of drug-likeness (QED) is 0.795. The Hall–Kier alpha value is -2.27. The predicted octanol–water partition coefficient (Wildman–Crippen LogP) is 2.92. The van der Waals surface area contributed by atoms with E-state index in [0.717, 1.165) is 11.3 Å². The van der Waals surface area contributed by atoms with Crippen LogP contribution in [0.25, 0.3) is 11.4 Å². The maximum atomic E-state index is 12.5. The molecule has 0 aromatic carbocycles. The van der Waals surface area contributed by atoms with Gasteiger partial charge in [0, 0.05) is 7.05 Å². The second-order valence-electron chi connectivity index (χ2n) is 6.47. The van der Waals surface area contributed by atoms with Crippen molar-refractivity contribution in [3.8, 4) is 17.5 Å². The zero-order valence-corrected chi connectivity index (χ0v) is 16.1. The number of carbonyl (C=O) groups is 1. The molecule has 0 spiro atoms. The fourth-order valence-corrected chi connectivity index (χ4v) is 2.95. The van der Waals surface area contributed by atoms with E-state index in [1.807, 2.05) is 38.5 Å². The van der Waals surface area contributed by atoms with Crippen LogP contribution in [0.15, 0.2) is 21.9 Å². The minimum Gasteiger partial charge on any atom is -0.469 e. The summed E-state index contributed by atoms with van der Waals surface area (Å²) in [4.78, 5) is 12.5. The van der Waals surface area contributed by atoms with Gasteiger partial charge in [-0.25, -0.2) is 0 Å². The fraction of sp³-hybridized carbons (Fsp3) is 0.529. The third-order valence-corrected chi connectivity index (χ3v) is 5.49. The summed E-state index contributed by atoms with van der Waals surface area (Å²) in [6.45, 7) is 9.19. The van der Waals surface area contributed by atoms with Gasteiger partial charge >= 0.3 is 0 Å². The molecule has 7 nitrogen and oxygen atoms in total. The van der Waals surface area contributed by atoms with Crippen LogP contribution in [-0.4, -0.2) is 31.5 Å². The molecule has 2 aromatic rings. The number of aryl methyl sites for hydroxylation is 1. The van der Waals surface area contributed by atoms with E-state index in [0.29, 0.717) is 11.0 Å². The van der Waals surface area contributed by atoms with Crippen LogP contribution >= 0.6 is 11.8 Å². The smallest absolute Gasteiger partial charge is 0.234 e. The van der Waals surface area contributed by atoms with Crippen molar-refractivity contribution in [3.63, 3.8) is 0 Å². The van der Waals surface area contributed by atoms with Crippen molar-refractivity contribution in [2.45, 2.75) is 50.6 Å². The first-order valence-corrected chi connectivity index (χ1v) is 8.91. The van der Waals surface area contributed by atoms with Crippen LogP contribution in [0.2, 0.25) is 0 Å². The zero-order chi connectivity index (χ0) is 18.8. The zero-order valence-electron chi connectivity index (χ0n) is 15.3. The lowest BCUT2D eigenvalue weighted by atomic mass is 9.90. The van der Waals surface area contributed by atoms with Gasteiger partial charge < -0.3 is 14.3 Å². The molecule has 0 bridgehead atoms. The topological polar surface area (TPSA) is 96.7 Å². The summed E-state index contributed by atoms with van der Waals surface area (Å²) in [6, 6.07) is 4.02. The highest BCUT2D eigenvalue weighted by molar-refractivity contribution is 8.00. The Morgan fingerprint density at radius 3 is 2.64 bits per heavy atom. The maximum Gasteiger partial charge on any atom is 0.234 e. The minimum absolute atomic E-state index is 0.00384. The van der Waals surface area contributed by atoms with Crippen molar-refractivity contribution in [1.82, 2.24) is 20.1 Å². The van der Waals surface area contributed by atoms with E-state index in [2.05, 4.69) is 21.6 Å². The molecule has 0 saturated carbocycles. The molecular formula is C17H23N5O2S. The molecule has 2 atom stereocenters. The number of hydrogen-bond acceptors (Lipinski definition) is 6. The Morgan fingerprint density at radius 2 is 2.12 bits per heavy atom. The lowest BCUT2D eigenvalue weighted by molar-refractivity contribution is -0.121. The number of nitrogens with one attached hydrogen (secondary N) is 1. The number of hydrogen-bond donors (Lipinski definition) is 1. The van der Waals surface area contributed by atoms with Gasteiger partial charge in [0.25, 0.3) is 0 Å². The van der Waals surface area contributed by atoms with Gasteiger partial charge in [-0.15, -0.1) is 10.2 Å². The molecule has 2 aromatic heterocycles. The normalized spacial score (nSPS) is 14.8. The summed E-state index contributed by atoms with van der Waals surface area (Å²) < 4.78 is 7.14. The van der Waals surface area contributed by atoms with Crippen molar-refractivity contribution >= 4 is 17.7 Å². The molecule has 2 rings (SSSR count). The molecule has 0 aliphatic carbocycles. The predicted molar refractivity (Wildman–Crippen MR) is 95.8 cm³/mol. The summed E-state index contributed by atoms with van der Waals surface area (Å²) in [7, 11) is 1.85. The SMILES string of the molecule is Cc1occc1-c1nnc(S[C@@H](C)C(=O)N[C@@](C)(C#N)C(C)C)n1C. The van der Waals surface area contributed by atoms with Gasteiger partial charge in [0.1, 0.15) is 11.3 Å². The highest BCUT2D eigenvalue weighted by atomic mass is 32.2. The van der Waals surface area contributed by atoms with E-state index < -0.39 is 10.8 Å². The molecule has 0 fully saturated rings. The first-order chi connectivity index (χ1) is 11.7. The third kappa shape index (κ3) is 3.87. The summed E-state index contributed by atoms with van der Waals surface area (Å²) in [5, 5.41) is 20.8. The summed E-state index contributed by atoms with van der Waals surface area (Å²) in [6.07, 6.45) is 1.61. The van der Waals surface area contributed by atoms with Gasteiger partial charge in [-0.2, -0.15) is 5.26 Å². The summed E-state index contributed by atoms with van der Waals surface area (Å²) in [5.74, 6) is 1.25. The second-order valence-corrected chi connectivity index (χ2v) is 7.78. The maximum absolute atomic E-state index is 12.5. The lowest BCUT2D eigenvalue weighted by Crippen LogP contribution is -2.51. The second kappa shape index (κ2) is 7.31. The van der Waals surface area contributed by atoms with Crippen molar-refractivity contribution in [2.75, 3.05) is 0 Å². The standard InChI is InChI=1S/C17H23N5O2S/c1-10(2)17(5,9-18)19-15(23)12(4)25-16-21-20-14(22(16)6)13-7-8-24-11(13)3/h7-8,10,12H,1-6H3,(H,19,23)/t12-,17-/m0/s1. The Morgan fingerprint density at radius 1 is 1.44 bits per heavy atom. The molecule has 1 N–H and O–H groups in total. The van der Waals surface area contributed by atoms with Crippen molar-refractivity contribution in [1.29, 1.82) is 5.26 Å². The van der Waals surface area contributed by atoms with Gasteiger partial charge in [0.15, 0.2) is 11.0 Å². The molecule has 0 aliphatic rings. The number of carbonyl (C=O) groups excluding carboxylic acids is 1. The average Bonchev–Trinajstić information content (AvgIpc) is 3.13. The fourth-order valence-electron chi connectivity index (χ4n) is 2.14. The Balaban J connectivity index is 2.13. The summed E-state index contributed by atoms with van der Waals surface area (Å²) in [5.41, 5.74) is -0.0268. The Kier molecular flexibility index (Phi) is 5.58. The molecule has 25 heavy (non-hydrogen) atoms. The number of furan rings is 1. The molecule has 0 unspecified atom stereocenters. The van der Waals surface area contributed by atoms with Crippen molar-refractivity contribution < 1.29 is 9.21 Å². The minimum atomic E-state index is -0.898. The molecule has 2 heterocycles. The molecule has 0 aliphatic heterocycles. The monoisotopic (exact) mass is 361 g/mol. The molecule has 0 radical (unpaired) electrons. The van der Waals surface area contributed by atoms with Crippen molar-refractivity contribution in [2.24, 2.45) is 13.0 Å². The van der Waals surface area contributed by atoms with Crippen LogP contribution in [0.1, 0.15) is 33.5 Å². The van der Waals surface area contributed by atoms with E-state index in [1.165, 1.54) is 11.8 Å². The third-order valence-electron chi connectivity index (χ3n) is 4.36. The number of thioether (sulfide) groups is 1. The first-order valence-electron chi connectivity index (χ1n) is 8.03. The van der Waals surface area contributed by atoms with Crippen LogP contribution in [0.3, 0.4) is 0 Å². The van der Waals surface area contributed by atoms with Gasteiger partial charge in [0.05, 0.1) is 23.1 Å². The van der Waals surface area contributed by atoms with E-state index in [4.69, 9.17) is 4.42 Å². The highest BCUT2D eigenvalue weighted by Gasteiger charge is 2.32. The Bertz CT molecular complexity index is 804. The molecule has 0 saturated heterocycles. The number of rotatable bonds is 6. The number of aromatic nitrogens is 3. The van der Waals surface area contributed by atoms with Crippen molar-refractivity contribution in [3.05, 3.63) is 18.1 Å². The molecule has 134 valence electrons. The van der Waals surface area contributed by atoms with E-state index in [-0.39, 0.29) is 11.8 Å². The van der Waals surface area contributed by atoms with Crippen LogP contribution in [-0.2, 0) is 11.8 Å². The number of nitrogens with zero attached hydrogens (tertiary/aromatic N) is 4. The van der Waals surface area contributed by atoms with Gasteiger partial charge in [-0.3, -0.25) is 4.79 Å². The van der Waals surface area contributed by atoms with E-state index >= 15 is 0 Å². The highest BCUT2D eigenvalue weighted by Crippen LogP contribution is 2.28. The van der Waals surface area contributed by atoms with Crippen LogP contribution in [0, 0.1) is 24.2 Å². The van der Waals surface area contributed by atoms with Gasteiger partial charge in [-0.1, -0.05) is 25.6 Å². The van der Waals surface area contributed by atoms with Gasteiger partial charge in [-0.05, 0) is 32.8 Å². The Labute approximate surface area is 151 Å². The number of nitriles is 1. The summed E-state index contributed by atoms with van der Waals surface area (Å²) >= 11 is 1.30.